The lowest BCUT2D eigenvalue weighted by Crippen LogP contribution is -2.49. The summed E-state index contributed by atoms with van der Waals surface area (Å²) in [5, 5.41) is 14.8. The summed E-state index contributed by atoms with van der Waals surface area (Å²) in [6.07, 6.45) is 6.49. The first-order valence-corrected chi connectivity index (χ1v) is 10.6. The van der Waals surface area contributed by atoms with Crippen molar-refractivity contribution >= 4 is 17.8 Å². The third kappa shape index (κ3) is 10.3. The lowest BCUT2D eigenvalue weighted by molar-refractivity contribution is -0.159. The molecule has 0 unspecified atom stereocenters. The van der Waals surface area contributed by atoms with Crippen molar-refractivity contribution in [1.82, 2.24) is 14.7 Å². The number of carbonyl (C=O) groups is 3. The first kappa shape index (κ1) is 26.3. The van der Waals surface area contributed by atoms with Gasteiger partial charge in [0.25, 0.3) is 0 Å². The molecule has 0 bridgehead atoms. The first-order chi connectivity index (χ1) is 14.4. The molecule has 2 N–H and O–H groups in total. The van der Waals surface area contributed by atoms with E-state index in [-0.39, 0.29) is 5.91 Å². The van der Waals surface area contributed by atoms with E-state index in [0.29, 0.717) is 32.8 Å². The normalized spacial score (nSPS) is 18.3. The molecule has 0 atom stereocenters. The SMILES string of the molecule is COCCN(CCOC)C(=O)CN1CCC(N2CCCCC2)CC1.O=C(O)C(=O)O. The van der Waals surface area contributed by atoms with Gasteiger partial charge in [0.1, 0.15) is 0 Å². The lowest BCUT2D eigenvalue weighted by atomic mass is 10.00. The lowest BCUT2D eigenvalue weighted by Gasteiger charge is -2.40. The Morgan fingerprint density at radius 3 is 1.80 bits per heavy atom. The van der Waals surface area contributed by atoms with Gasteiger partial charge in [-0.3, -0.25) is 9.69 Å². The van der Waals surface area contributed by atoms with E-state index < -0.39 is 11.9 Å². The fraction of sp³-hybridized carbons (Fsp3) is 0.850. The molecule has 10 nitrogen and oxygen atoms in total. The van der Waals surface area contributed by atoms with Gasteiger partial charge in [-0.25, -0.2) is 9.59 Å². The Balaban J connectivity index is 0.000000656. The Bertz CT molecular complexity index is 499. The number of methoxy groups -OCH3 is 2. The van der Waals surface area contributed by atoms with Gasteiger partial charge in [-0.15, -0.1) is 0 Å². The van der Waals surface area contributed by atoms with Gasteiger partial charge in [-0.2, -0.15) is 0 Å². The maximum absolute atomic E-state index is 12.6. The van der Waals surface area contributed by atoms with Crippen molar-refractivity contribution in [3.8, 4) is 0 Å². The van der Waals surface area contributed by atoms with Crippen LogP contribution in [0.2, 0.25) is 0 Å². The van der Waals surface area contributed by atoms with Crippen molar-refractivity contribution in [2.45, 2.75) is 38.1 Å². The van der Waals surface area contributed by atoms with Gasteiger partial charge in [0.05, 0.1) is 19.8 Å². The summed E-state index contributed by atoms with van der Waals surface area (Å²) in [6.45, 7) is 7.58. The van der Waals surface area contributed by atoms with Gasteiger partial charge in [0.15, 0.2) is 0 Å². The van der Waals surface area contributed by atoms with Crippen LogP contribution < -0.4 is 0 Å². The van der Waals surface area contributed by atoms with Gasteiger partial charge in [0.2, 0.25) is 5.91 Å². The number of carbonyl (C=O) groups excluding carboxylic acids is 1. The number of piperidine rings is 2. The number of rotatable bonds is 9. The number of nitrogens with zero attached hydrogens (tertiary/aromatic N) is 3. The van der Waals surface area contributed by atoms with Crippen LogP contribution in [0.3, 0.4) is 0 Å². The largest absolute Gasteiger partial charge is 0.473 e. The Labute approximate surface area is 178 Å². The van der Waals surface area contributed by atoms with E-state index in [1.807, 2.05) is 4.90 Å². The molecule has 30 heavy (non-hydrogen) atoms. The highest BCUT2D eigenvalue weighted by Gasteiger charge is 2.27. The molecule has 0 spiro atoms. The molecule has 0 aliphatic carbocycles. The van der Waals surface area contributed by atoms with Gasteiger partial charge >= 0.3 is 11.9 Å². The molecule has 0 aromatic heterocycles. The third-order valence-electron chi connectivity index (χ3n) is 5.49. The molecule has 2 fully saturated rings. The molecular formula is C20H37N3O7. The number of hydrogen-bond donors (Lipinski definition) is 2. The molecule has 0 saturated carbocycles. The maximum Gasteiger partial charge on any atom is 0.414 e. The highest BCUT2D eigenvalue weighted by atomic mass is 16.5. The second kappa shape index (κ2) is 15.1. The molecule has 174 valence electrons. The summed E-state index contributed by atoms with van der Waals surface area (Å²) >= 11 is 0. The van der Waals surface area contributed by atoms with E-state index in [9.17, 15) is 4.79 Å². The van der Waals surface area contributed by atoms with Crippen LogP contribution in [0.1, 0.15) is 32.1 Å². The number of amides is 1. The number of hydrogen-bond acceptors (Lipinski definition) is 7. The van der Waals surface area contributed by atoms with Crippen molar-refractivity contribution in [2.24, 2.45) is 0 Å². The van der Waals surface area contributed by atoms with Crippen LogP contribution in [0.15, 0.2) is 0 Å². The zero-order valence-electron chi connectivity index (χ0n) is 18.3. The van der Waals surface area contributed by atoms with Gasteiger partial charge < -0.3 is 29.5 Å². The topological polar surface area (TPSA) is 120 Å². The number of likely N-dealkylation sites (tertiary alicyclic amines) is 2. The predicted octanol–water partition coefficient (Wildman–Crippen LogP) is 0.214. The van der Waals surface area contributed by atoms with Crippen molar-refractivity contribution in [3.05, 3.63) is 0 Å². The van der Waals surface area contributed by atoms with Gasteiger partial charge in [-0.05, 0) is 38.8 Å². The van der Waals surface area contributed by atoms with Crippen molar-refractivity contribution < 1.29 is 34.1 Å². The molecular weight excluding hydrogens is 394 g/mol. The van der Waals surface area contributed by atoms with Crippen LogP contribution in [0.4, 0.5) is 0 Å². The van der Waals surface area contributed by atoms with E-state index >= 15 is 0 Å². The quantitative estimate of drug-likeness (QED) is 0.494. The molecule has 2 saturated heterocycles. The Hall–Kier alpha value is -1.75. The van der Waals surface area contributed by atoms with Crippen LogP contribution >= 0.6 is 0 Å². The van der Waals surface area contributed by atoms with Crippen molar-refractivity contribution in [2.75, 3.05) is 73.2 Å². The van der Waals surface area contributed by atoms with E-state index in [4.69, 9.17) is 29.3 Å². The van der Waals surface area contributed by atoms with E-state index in [1.54, 1.807) is 14.2 Å². The number of carboxylic acid groups (broad SMARTS) is 2. The number of aliphatic carboxylic acids is 2. The summed E-state index contributed by atoms with van der Waals surface area (Å²) in [5.41, 5.74) is 0. The zero-order valence-corrected chi connectivity index (χ0v) is 18.3. The van der Waals surface area contributed by atoms with Crippen LogP contribution in [0.5, 0.6) is 0 Å². The molecule has 2 aliphatic rings. The van der Waals surface area contributed by atoms with Gasteiger partial charge in [-0.1, -0.05) is 6.42 Å². The van der Waals surface area contributed by atoms with Crippen LogP contribution in [-0.2, 0) is 23.9 Å². The Kier molecular flexibility index (Phi) is 13.2. The molecule has 10 heteroatoms. The molecule has 0 aromatic carbocycles. The van der Waals surface area contributed by atoms with E-state index in [1.165, 1.54) is 45.2 Å². The summed E-state index contributed by atoms with van der Waals surface area (Å²) in [6, 6.07) is 0.731. The fourth-order valence-corrected chi connectivity index (χ4v) is 3.78. The monoisotopic (exact) mass is 431 g/mol. The molecule has 2 aliphatic heterocycles. The average Bonchev–Trinajstić information content (AvgIpc) is 2.75. The first-order valence-electron chi connectivity index (χ1n) is 10.6. The number of ether oxygens (including phenoxy) is 2. The molecule has 0 radical (unpaired) electrons. The zero-order chi connectivity index (χ0) is 22.4. The smallest absolute Gasteiger partial charge is 0.414 e. The summed E-state index contributed by atoms with van der Waals surface area (Å²) < 4.78 is 10.2. The average molecular weight is 432 g/mol. The Morgan fingerprint density at radius 2 is 1.37 bits per heavy atom. The minimum Gasteiger partial charge on any atom is -0.473 e. The second-order valence-corrected chi connectivity index (χ2v) is 7.58. The van der Waals surface area contributed by atoms with E-state index in [0.717, 1.165) is 19.1 Å². The maximum atomic E-state index is 12.6. The van der Waals surface area contributed by atoms with Crippen LogP contribution in [0, 0.1) is 0 Å². The minimum absolute atomic E-state index is 0.195. The van der Waals surface area contributed by atoms with Crippen LogP contribution in [-0.4, -0.2) is 122 Å². The second-order valence-electron chi connectivity index (χ2n) is 7.58. The summed E-state index contributed by atoms with van der Waals surface area (Å²) in [5.74, 6) is -3.45. The van der Waals surface area contributed by atoms with Gasteiger partial charge in [0, 0.05) is 46.4 Å². The Morgan fingerprint density at radius 1 is 0.867 bits per heavy atom. The summed E-state index contributed by atoms with van der Waals surface area (Å²) in [4.78, 5) is 37.6. The van der Waals surface area contributed by atoms with Crippen LogP contribution in [0.25, 0.3) is 0 Å². The molecule has 1 amide bonds. The van der Waals surface area contributed by atoms with E-state index in [2.05, 4.69) is 9.80 Å². The fourth-order valence-electron chi connectivity index (χ4n) is 3.78. The van der Waals surface area contributed by atoms with Crippen molar-refractivity contribution in [3.63, 3.8) is 0 Å². The minimum atomic E-state index is -1.82. The molecule has 2 rings (SSSR count). The number of carboxylic acids is 2. The molecule has 2 heterocycles. The third-order valence-corrected chi connectivity index (χ3v) is 5.49. The standard InChI is InChI=1S/C18H35N3O3.C2H2O4/c1-23-14-12-21(13-15-24-2)18(22)16-19-10-6-17(7-11-19)20-8-4-3-5-9-20;3-1(4)2(5)6/h17H,3-16H2,1-2H3;(H,3,4)(H,5,6). The predicted molar refractivity (Wildman–Crippen MR) is 110 cm³/mol. The summed E-state index contributed by atoms with van der Waals surface area (Å²) in [7, 11) is 3.34. The molecule has 0 aromatic rings. The highest BCUT2D eigenvalue weighted by molar-refractivity contribution is 6.27. The highest BCUT2D eigenvalue weighted by Crippen LogP contribution is 2.20. The van der Waals surface area contributed by atoms with Crippen molar-refractivity contribution in [1.29, 1.82) is 0 Å².